The Morgan fingerprint density at radius 1 is 0.462 bits per heavy atom. The summed E-state index contributed by atoms with van der Waals surface area (Å²) in [5.41, 5.74) is 0. The Morgan fingerprint density at radius 2 is 0.654 bits per heavy atom. The van der Waals surface area contributed by atoms with E-state index in [-0.39, 0.29) is 0 Å². The standard InChI is InChI=1S/C20H44N.BF4/c1-5-9-13-17-21(18-14-10-6-2,19-15-11-7-3)20-16-12-8-4;2-1(3,4)5/h5-20H2,1-4H3;/q+1;-1. The first-order valence-corrected chi connectivity index (χ1v) is 11.0. The highest BCUT2D eigenvalue weighted by Gasteiger charge is 2.25. The lowest BCUT2D eigenvalue weighted by molar-refractivity contribution is -0.929. The van der Waals surface area contributed by atoms with Crippen LogP contribution < -0.4 is 0 Å². The highest BCUT2D eigenvalue weighted by molar-refractivity contribution is 6.50. The second-order valence-corrected chi connectivity index (χ2v) is 7.56. The smallest absolute Gasteiger partial charge is 0.418 e. The number of quaternary nitrogens is 1. The van der Waals surface area contributed by atoms with Gasteiger partial charge in [-0.3, -0.25) is 0 Å². The molecule has 0 unspecified atom stereocenters. The van der Waals surface area contributed by atoms with Gasteiger partial charge in [0, 0.05) is 0 Å². The van der Waals surface area contributed by atoms with E-state index in [9.17, 15) is 17.3 Å². The molecule has 0 radical (unpaired) electrons. The monoisotopic (exact) mass is 385 g/mol. The number of rotatable bonds is 16. The zero-order chi connectivity index (χ0) is 20.3. The largest absolute Gasteiger partial charge is 0.673 e. The van der Waals surface area contributed by atoms with Gasteiger partial charge in [0.1, 0.15) is 0 Å². The molecule has 0 amide bonds. The number of hydrogen-bond donors (Lipinski definition) is 0. The zero-order valence-electron chi connectivity index (χ0n) is 17.9. The van der Waals surface area contributed by atoms with Crippen LogP contribution in [-0.4, -0.2) is 37.9 Å². The number of nitrogens with zero attached hydrogens (tertiary/aromatic N) is 1. The summed E-state index contributed by atoms with van der Waals surface area (Å²) in [5.74, 6) is 0. The van der Waals surface area contributed by atoms with Crippen molar-refractivity contribution in [1.82, 2.24) is 0 Å². The lowest BCUT2D eigenvalue weighted by Crippen LogP contribution is -2.50. The van der Waals surface area contributed by atoms with Gasteiger partial charge in [0.15, 0.2) is 0 Å². The Morgan fingerprint density at radius 3 is 0.808 bits per heavy atom. The van der Waals surface area contributed by atoms with E-state index in [4.69, 9.17) is 0 Å². The van der Waals surface area contributed by atoms with Gasteiger partial charge in [-0.2, -0.15) is 0 Å². The van der Waals surface area contributed by atoms with Crippen molar-refractivity contribution in [3.63, 3.8) is 0 Å². The summed E-state index contributed by atoms with van der Waals surface area (Å²) in [6, 6.07) is 0. The van der Waals surface area contributed by atoms with Crippen LogP contribution in [0.25, 0.3) is 0 Å². The van der Waals surface area contributed by atoms with Gasteiger partial charge in [0.05, 0.1) is 26.2 Å². The Balaban J connectivity index is 0. The second-order valence-electron chi connectivity index (χ2n) is 7.56. The molecule has 0 spiro atoms. The summed E-state index contributed by atoms with van der Waals surface area (Å²) < 4.78 is 40.4. The predicted octanol–water partition coefficient (Wildman–Crippen LogP) is 7.86. The van der Waals surface area contributed by atoms with Gasteiger partial charge in [-0.05, 0) is 51.4 Å². The summed E-state index contributed by atoms with van der Waals surface area (Å²) in [7, 11) is -6.00. The summed E-state index contributed by atoms with van der Waals surface area (Å²) >= 11 is 0. The van der Waals surface area contributed by atoms with Gasteiger partial charge in [-0.15, -0.1) is 0 Å². The average Bonchev–Trinajstić information content (AvgIpc) is 2.54. The molecule has 0 N–H and O–H groups in total. The van der Waals surface area contributed by atoms with Gasteiger partial charge in [-0.25, -0.2) is 0 Å². The maximum Gasteiger partial charge on any atom is 0.673 e. The van der Waals surface area contributed by atoms with Crippen LogP contribution in [0.2, 0.25) is 0 Å². The van der Waals surface area contributed by atoms with Crippen molar-refractivity contribution >= 4 is 7.25 Å². The van der Waals surface area contributed by atoms with E-state index in [1.165, 1.54) is 108 Å². The molecular formula is C20H44BF4N. The van der Waals surface area contributed by atoms with E-state index in [2.05, 4.69) is 27.7 Å². The summed E-state index contributed by atoms with van der Waals surface area (Å²) in [5, 5.41) is 0. The molecular weight excluding hydrogens is 341 g/mol. The summed E-state index contributed by atoms with van der Waals surface area (Å²) in [4.78, 5) is 0. The highest BCUT2D eigenvalue weighted by atomic mass is 19.5. The Kier molecular flexibility index (Phi) is 19.5. The fourth-order valence-corrected chi connectivity index (χ4v) is 3.46. The first-order valence-electron chi connectivity index (χ1n) is 11.0. The van der Waals surface area contributed by atoms with Crippen LogP contribution >= 0.6 is 0 Å². The zero-order valence-corrected chi connectivity index (χ0v) is 17.9. The minimum absolute atomic E-state index is 1.36. The lowest BCUT2D eigenvalue weighted by Gasteiger charge is -2.39. The minimum Gasteiger partial charge on any atom is -0.418 e. The topological polar surface area (TPSA) is 0 Å². The van der Waals surface area contributed by atoms with Crippen molar-refractivity contribution in [1.29, 1.82) is 0 Å². The number of hydrogen-bond acceptors (Lipinski definition) is 0. The van der Waals surface area contributed by atoms with E-state index in [1.54, 1.807) is 0 Å². The first-order chi connectivity index (χ1) is 12.2. The normalized spacial score (nSPS) is 12.0. The number of halogens is 4. The van der Waals surface area contributed by atoms with Gasteiger partial charge < -0.3 is 21.7 Å². The molecule has 26 heavy (non-hydrogen) atoms. The van der Waals surface area contributed by atoms with Crippen molar-refractivity contribution < 1.29 is 21.7 Å². The van der Waals surface area contributed by atoms with Crippen LogP contribution in [-0.2, 0) is 0 Å². The molecule has 0 fully saturated rings. The van der Waals surface area contributed by atoms with E-state index in [0.717, 1.165) is 0 Å². The third kappa shape index (κ3) is 21.8. The molecule has 0 bridgehead atoms. The van der Waals surface area contributed by atoms with Crippen molar-refractivity contribution in [3.8, 4) is 0 Å². The quantitative estimate of drug-likeness (QED) is 0.110. The molecule has 0 aromatic rings. The maximum absolute atomic E-state index is 9.75. The fourth-order valence-electron chi connectivity index (χ4n) is 3.46. The molecule has 0 heterocycles. The summed E-state index contributed by atoms with van der Waals surface area (Å²) in [6.07, 6.45) is 16.9. The van der Waals surface area contributed by atoms with Crippen LogP contribution in [0.4, 0.5) is 17.3 Å². The van der Waals surface area contributed by atoms with Crippen molar-refractivity contribution in [2.45, 2.75) is 105 Å². The minimum atomic E-state index is -6.00. The van der Waals surface area contributed by atoms with Crippen molar-refractivity contribution in [2.75, 3.05) is 26.2 Å². The molecule has 160 valence electrons. The van der Waals surface area contributed by atoms with Gasteiger partial charge in [-0.1, -0.05) is 53.4 Å². The van der Waals surface area contributed by atoms with E-state index < -0.39 is 7.25 Å². The molecule has 0 saturated heterocycles. The average molecular weight is 385 g/mol. The molecule has 0 aromatic carbocycles. The van der Waals surface area contributed by atoms with E-state index in [1.807, 2.05) is 0 Å². The molecule has 0 aliphatic heterocycles. The van der Waals surface area contributed by atoms with Crippen molar-refractivity contribution in [2.24, 2.45) is 0 Å². The van der Waals surface area contributed by atoms with E-state index in [0.29, 0.717) is 0 Å². The molecule has 6 heteroatoms. The SMILES string of the molecule is CCCCC[N+](CCCCC)(CCCCC)CCCCC.F[B-](F)(F)F. The second kappa shape index (κ2) is 18.1. The molecule has 0 rings (SSSR count). The number of unbranched alkanes of at least 4 members (excludes halogenated alkanes) is 8. The van der Waals surface area contributed by atoms with Gasteiger partial charge >= 0.3 is 7.25 Å². The maximum atomic E-state index is 9.75. The van der Waals surface area contributed by atoms with Crippen molar-refractivity contribution in [3.05, 3.63) is 0 Å². The van der Waals surface area contributed by atoms with Gasteiger partial charge in [0.25, 0.3) is 0 Å². The lowest BCUT2D eigenvalue weighted by atomic mass is 10.1. The molecule has 0 aliphatic carbocycles. The van der Waals surface area contributed by atoms with Crippen LogP contribution in [0.15, 0.2) is 0 Å². The van der Waals surface area contributed by atoms with Crippen LogP contribution in [0.5, 0.6) is 0 Å². The summed E-state index contributed by atoms with van der Waals surface area (Å²) in [6.45, 7) is 15.1. The van der Waals surface area contributed by atoms with Crippen LogP contribution in [0.1, 0.15) is 105 Å². The molecule has 0 saturated carbocycles. The van der Waals surface area contributed by atoms with E-state index >= 15 is 0 Å². The predicted molar refractivity (Wildman–Crippen MR) is 108 cm³/mol. The molecule has 1 nitrogen and oxygen atoms in total. The Bertz CT molecular complexity index is 234. The Hall–Kier alpha value is -0.255. The molecule has 0 aliphatic rings. The Labute approximate surface area is 160 Å². The molecule has 0 atom stereocenters. The van der Waals surface area contributed by atoms with Crippen LogP contribution in [0, 0.1) is 0 Å². The van der Waals surface area contributed by atoms with Crippen LogP contribution in [0.3, 0.4) is 0 Å². The fraction of sp³-hybridized carbons (Fsp3) is 1.00. The first kappa shape index (κ1) is 28.0. The molecule has 0 aromatic heterocycles. The highest BCUT2D eigenvalue weighted by Crippen LogP contribution is 2.18. The van der Waals surface area contributed by atoms with Gasteiger partial charge in [0.2, 0.25) is 0 Å². The third-order valence-electron chi connectivity index (χ3n) is 4.94. The third-order valence-corrected chi connectivity index (χ3v) is 4.94.